The van der Waals surface area contributed by atoms with Gasteiger partial charge in [-0.05, 0) is 49.6 Å². The summed E-state index contributed by atoms with van der Waals surface area (Å²) in [7, 11) is 1.58. The van der Waals surface area contributed by atoms with E-state index in [9.17, 15) is 9.59 Å². The van der Waals surface area contributed by atoms with Crippen LogP contribution in [0.2, 0.25) is 5.02 Å². The van der Waals surface area contributed by atoms with E-state index in [2.05, 4.69) is 0 Å². The summed E-state index contributed by atoms with van der Waals surface area (Å²) in [6.45, 7) is 3.40. The zero-order chi connectivity index (χ0) is 19.6. The highest BCUT2D eigenvalue weighted by Gasteiger charge is 2.21. The third-order valence-electron chi connectivity index (χ3n) is 4.16. The number of carbonyl (C=O) groups is 2. The van der Waals surface area contributed by atoms with Gasteiger partial charge in [0.1, 0.15) is 5.75 Å². The summed E-state index contributed by atoms with van der Waals surface area (Å²) >= 11 is 7.45. The van der Waals surface area contributed by atoms with E-state index < -0.39 is 5.97 Å². The summed E-state index contributed by atoms with van der Waals surface area (Å²) in [5.74, 6) is -0.127. The average molecular weight is 404 g/mol. The molecule has 3 rings (SSSR count). The van der Waals surface area contributed by atoms with Gasteiger partial charge in [-0.3, -0.25) is 4.79 Å². The van der Waals surface area contributed by atoms with Gasteiger partial charge in [-0.15, -0.1) is 11.3 Å². The second-order valence-corrected chi connectivity index (χ2v) is 7.30. The van der Waals surface area contributed by atoms with Gasteiger partial charge in [-0.2, -0.15) is 0 Å². The number of aryl methyl sites for hydroxylation is 1. The average Bonchev–Trinajstić information content (AvgIpc) is 3.28. The number of carbonyl (C=O) groups excluding carboxylic acids is 2. The molecule has 0 bridgehead atoms. The van der Waals surface area contributed by atoms with Crippen molar-refractivity contribution in [3.8, 4) is 11.4 Å². The maximum atomic E-state index is 12.5. The Hall–Kier alpha value is -2.57. The van der Waals surface area contributed by atoms with Crippen molar-refractivity contribution in [2.45, 2.75) is 13.8 Å². The number of rotatable bonds is 6. The number of nitrogens with zero attached hydrogens (tertiary/aromatic N) is 1. The van der Waals surface area contributed by atoms with Gasteiger partial charge in [0.25, 0.3) is 0 Å². The predicted octanol–water partition coefficient (Wildman–Crippen LogP) is 4.86. The largest absolute Gasteiger partial charge is 0.495 e. The molecule has 140 valence electrons. The minimum Gasteiger partial charge on any atom is -0.495 e. The van der Waals surface area contributed by atoms with Crippen molar-refractivity contribution in [3.05, 3.63) is 68.6 Å². The Kier molecular flexibility index (Phi) is 5.68. The van der Waals surface area contributed by atoms with Crippen LogP contribution in [-0.4, -0.2) is 30.0 Å². The molecule has 0 aliphatic heterocycles. The van der Waals surface area contributed by atoms with Crippen molar-refractivity contribution in [2.75, 3.05) is 13.7 Å². The molecular formula is C20H18ClNO4S. The smallest absolute Gasteiger partial charge is 0.340 e. The molecule has 2 aromatic heterocycles. The number of benzene rings is 1. The molecule has 0 unspecified atom stereocenters. The van der Waals surface area contributed by atoms with Crippen LogP contribution in [0.1, 0.15) is 31.4 Å². The number of Topliss-reactive ketones (excluding diaryl/α,β-unsaturated/α-hetero) is 1. The molecule has 0 saturated heterocycles. The molecule has 7 heteroatoms. The first-order valence-electron chi connectivity index (χ1n) is 8.19. The molecule has 0 radical (unpaired) electrons. The highest BCUT2D eigenvalue weighted by Crippen LogP contribution is 2.30. The molecule has 0 aliphatic rings. The third-order valence-corrected chi connectivity index (χ3v) is 5.31. The molecular weight excluding hydrogens is 386 g/mol. The van der Waals surface area contributed by atoms with Gasteiger partial charge in [-0.1, -0.05) is 17.7 Å². The molecule has 2 heterocycles. The van der Waals surface area contributed by atoms with Crippen LogP contribution in [0, 0.1) is 13.8 Å². The number of thiophene rings is 1. The highest BCUT2D eigenvalue weighted by molar-refractivity contribution is 7.12. The van der Waals surface area contributed by atoms with Gasteiger partial charge in [0.05, 0.1) is 23.2 Å². The van der Waals surface area contributed by atoms with Crippen molar-refractivity contribution in [1.82, 2.24) is 4.57 Å². The van der Waals surface area contributed by atoms with E-state index in [1.165, 1.54) is 11.3 Å². The van der Waals surface area contributed by atoms with E-state index >= 15 is 0 Å². The number of esters is 1. The lowest BCUT2D eigenvalue weighted by atomic mass is 10.2. The van der Waals surface area contributed by atoms with Gasteiger partial charge in [0.2, 0.25) is 5.78 Å². The molecule has 3 aromatic rings. The molecule has 0 atom stereocenters. The number of hydrogen-bond acceptors (Lipinski definition) is 5. The van der Waals surface area contributed by atoms with E-state index in [0.717, 1.165) is 11.4 Å². The number of methoxy groups -OCH3 is 1. The highest BCUT2D eigenvalue weighted by atomic mass is 35.5. The fraction of sp³-hybridized carbons (Fsp3) is 0.200. The van der Waals surface area contributed by atoms with Gasteiger partial charge in [0, 0.05) is 16.4 Å². The quantitative estimate of drug-likeness (QED) is 0.435. The Morgan fingerprint density at radius 1 is 1.19 bits per heavy atom. The summed E-state index contributed by atoms with van der Waals surface area (Å²) < 4.78 is 12.5. The molecule has 1 aromatic carbocycles. The topological polar surface area (TPSA) is 57.5 Å². The summed E-state index contributed by atoms with van der Waals surface area (Å²) in [6, 6.07) is 10.5. The van der Waals surface area contributed by atoms with Crippen molar-refractivity contribution in [2.24, 2.45) is 0 Å². The van der Waals surface area contributed by atoms with E-state index in [1.54, 1.807) is 48.9 Å². The van der Waals surface area contributed by atoms with Crippen LogP contribution in [0.5, 0.6) is 5.75 Å². The van der Waals surface area contributed by atoms with E-state index in [1.807, 2.05) is 18.4 Å². The van der Waals surface area contributed by atoms with Crippen LogP contribution in [0.15, 0.2) is 41.8 Å². The molecule has 0 fully saturated rings. The molecule has 5 nitrogen and oxygen atoms in total. The Morgan fingerprint density at radius 3 is 2.63 bits per heavy atom. The Bertz CT molecular complexity index is 992. The maximum Gasteiger partial charge on any atom is 0.340 e. The van der Waals surface area contributed by atoms with Crippen LogP contribution in [0.3, 0.4) is 0 Å². The molecule has 0 N–H and O–H groups in total. The molecule has 0 aliphatic carbocycles. The summed E-state index contributed by atoms with van der Waals surface area (Å²) in [5.41, 5.74) is 2.63. The molecule has 0 amide bonds. The summed E-state index contributed by atoms with van der Waals surface area (Å²) in [6.07, 6.45) is 0. The zero-order valence-electron chi connectivity index (χ0n) is 15.1. The van der Waals surface area contributed by atoms with E-state index in [-0.39, 0.29) is 12.4 Å². The minimum absolute atomic E-state index is 0.219. The van der Waals surface area contributed by atoms with Gasteiger partial charge in [-0.25, -0.2) is 4.79 Å². The zero-order valence-corrected chi connectivity index (χ0v) is 16.7. The standard InChI is InChI=1S/C20H18ClNO4S/c1-12-9-15(20(24)26-11-17(23)19-5-4-8-27-19)13(2)22(12)16-10-14(21)6-7-18(16)25-3/h4-10H,11H2,1-3H3. The number of ether oxygens (including phenoxy) is 2. The first-order chi connectivity index (χ1) is 12.9. The lowest BCUT2D eigenvalue weighted by molar-refractivity contribution is 0.0475. The normalized spacial score (nSPS) is 10.7. The molecule has 27 heavy (non-hydrogen) atoms. The first kappa shape index (κ1) is 19.2. The molecule has 0 saturated carbocycles. The first-order valence-corrected chi connectivity index (χ1v) is 9.44. The molecule has 0 spiro atoms. The van der Waals surface area contributed by atoms with Crippen molar-refractivity contribution in [3.63, 3.8) is 0 Å². The Morgan fingerprint density at radius 2 is 1.96 bits per heavy atom. The van der Waals surface area contributed by atoms with Crippen LogP contribution < -0.4 is 4.74 Å². The van der Waals surface area contributed by atoms with E-state index in [0.29, 0.717) is 26.9 Å². The second-order valence-electron chi connectivity index (χ2n) is 5.91. The minimum atomic E-state index is -0.541. The SMILES string of the molecule is COc1ccc(Cl)cc1-n1c(C)cc(C(=O)OCC(=O)c2cccs2)c1C. The fourth-order valence-electron chi connectivity index (χ4n) is 2.90. The maximum absolute atomic E-state index is 12.5. The second kappa shape index (κ2) is 7.98. The fourth-order valence-corrected chi connectivity index (χ4v) is 3.71. The van der Waals surface area contributed by atoms with E-state index in [4.69, 9.17) is 21.1 Å². The van der Waals surface area contributed by atoms with Crippen LogP contribution in [0.25, 0.3) is 5.69 Å². The van der Waals surface area contributed by atoms with Crippen molar-refractivity contribution < 1.29 is 19.1 Å². The number of aromatic nitrogens is 1. The Balaban J connectivity index is 1.86. The van der Waals surface area contributed by atoms with Crippen LogP contribution >= 0.6 is 22.9 Å². The summed E-state index contributed by atoms with van der Waals surface area (Å²) in [4.78, 5) is 25.1. The lowest BCUT2D eigenvalue weighted by Crippen LogP contribution is -2.14. The number of halogens is 1. The van der Waals surface area contributed by atoms with Gasteiger partial charge < -0.3 is 14.0 Å². The van der Waals surface area contributed by atoms with Crippen molar-refractivity contribution in [1.29, 1.82) is 0 Å². The van der Waals surface area contributed by atoms with Gasteiger partial charge >= 0.3 is 5.97 Å². The number of hydrogen-bond donors (Lipinski definition) is 0. The Labute approximate surface area is 166 Å². The monoisotopic (exact) mass is 403 g/mol. The van der Waals surface area contributed by atoms with Crippen molar-refractivity contribution >= 4 is 34.7 Å². The third kappa shape index (κ3) is 3.91. The number of ketones is 1. The van der Waals surface area contributed by atoms with Crippen LogP contribution in [0.4, 0.5) is 0 Å². The summed E-state index contributed by atoms with van der Waals surface area (Å²) in [5, 5.41) is 2.37. The van der Waals surface area contributed by atoms with Crippen LogP contribution in [-0.2, 0) is 4.74 Å². The van der Waals surface area contributed by atoms with Gasteiger partial charge in [0.15, 0.2) is 6.61 Å². The predicted molar refractivity (Wildman–Crippen MR) is 106 cm³/mol. The lowest BCUT2D eigenvalue weighted by Gasteiger charge is -2.14.